The van der Waals surface area contributed by atoms with Crippen LogP contribution in [0.2, 0.25) is 0 Å². The first-order valence-electron chi connectivity index (χ1n) is 7.14. The van der Waals surface area contributed by atoms with Gasteiger partial charge in [0.2, 0.25) is 0 Å². The van der Waals surface area contributed by atoms with Gasteiger partial charge in [-0.3, -0.25) is 0 Å². The van der Waals surface area contributed by atoms with E-state index >= 15 is 0 Å². The van der Waals surface area contributed by atoms with Crippen LogP contribution in [0.1, 0.15) is 64.9 Å². The van der Waals surface area contributed by atoms with Gasteiger partial charge in [0, 0.05) is 0 Å². The molecule has 1 saturated carbocycles. The van der Waals surface area contributed by atoms with Crippen LogP contribution in [0.25, 0.3) is 0 Å². The first kappa shape index (κ1) is 13.5. The summed E-state index contributed by atoms with van der Waals surface area (Å²) in [4.78, 5) is 0. The fourth-order valence-electron chi connectivity index (χ4n) is 2.88. The maximum atomic E-state index is 4.22. The zero-order valence-corrected chi connectivity index (χ0v) is 11.9. The van der Waals surface area contributed by atoms with Crippen LogP contribution >= 0.6 is 0 Å². The average molecular weight is 251 g/mol. The van der Waals surface area contributed by atoms with Crippen molar-refractivity contribution in [1.82, 2.24) is 25.5 Å². The molecule has 5 nitrogen and oxygen atoms in total. The minimum atomic E-state index is 0.222. The number of rotatable bonds is 4. The van der Waals surface area contributed by atoms with Gasteiger partial charge in [-0.15, -0.1) is 5.10 Å². The molecular formula is C13H25N5. The largest absolute Gasteiger partial charge is 0.308 e. The Morgan fingerprint density at radius 3 is 2.78 bits per heavy atom. The molecule has 4 unspecified atom stereocenters. The predicted octanol–water partition coefficient (Wildman–Crippen LogP) is 2.34. The number of nitrogens with one attached hydrogen (secondary N) is 1. The van der Waals surface area contributed by atoms with E-state index in [4.69, 9.17) is 0 Å². The number of tetrazole rings is 1. The summed E-state index contributed by atoms with van der Waals surface area (Å²) in [5.41, 5.74) is 0. The summed E-state index contributed by atoms with van der Waals surface area (Å²) in [5.74, 6) is 2.56. The van der Waals surface area contributed by atoms with E-state index in [9.17, 15) is 0 Å². The summed E-state index contributed by atoms with van der Waals surface area (Å²) in [5, 5.41) is 15.7. The SMILES string of the molecule is CCNC(C)c1nnnn1C1CCC(C)C(C)C1. The van der Waals surface area contributed by atoms with Gasteiger partial charge < -0.3 is 5.32 Å². The molecule has 1 N–H and O–H groups in total. The molecular weight excluding hydrogens is 226 g/mol. The van der Waals surface area contributed by atoms with E-state index in [1.54, 1.807) is 0 Å². The minimum absolute atomic E-state index is 0.222. The minimum Gasteiger partial charge on any atom is -0.308 e. The highest BCUT2D eigenvalue weighted by atomic mass is 15.6. The van der Waals surface area contributed by atoms with Crippen LogP contribution in [0, 0.1) is 11.8 Å². The van der Waals surface area contributed by atoms with Crippen molar-refractivity contribution in [3.05, 3.63) is 5.82 Å². The molecule has 5 heteroatoms. The van der Waals surface area contributed by atoms with E-state index in [1.165, 1.54) is 19.3 Å². The summed E-state index contributed by atoms with van der Waals surface area (Å²) in [6.45, 7) is 9.86. The molecule has 0 bridgehead atoms. The molecule has 102 valence electrons. The summed E-state index contributed by atoms with van der Waals surface area (Å²) < 4.78 is 2.05. The van der Waals surface area contributed by atoms with Crippen LogP contribution in [-0.4, -0.2) is 26.8 Å². The van der Waals surface area contributed by atoms with E-state index in [0.717, 1.165) is 24.2 Å². The van der Waals surface area contributed by atoms with E-state index in [1.807, 2.05) is 0 Å². The molecule has 0 amide bonds. The van der Waals surface area contributed by atoms with Crippen LogP contribution in [0.3, 0.4) is 0 Å². The zero-order chi connectivity index (χ0) is 13.1. The summed E-state index contributed by atoms with van der Waals surface area (Å²) >= 11 is 0. The van der Waals surface area contributed by atoms with Crippen molar-refractivity contribution in [2.24, 2.45) is 11.8 Å². The van der Waals surface area contributed by atoms with Gasteiger partial charge in [0.15, 0.2) is 5.82 Å². The van der Waals surface area contributed by atoms with E-state index in [0.29, 0.717) is 6.04 Å². The van der Waals surface area contributed by atoms with E-state index in [2.05, 4.69) is 53.2 Å². The normalized spacial score (nSPS) is 30.3. The summed E-state index contributed by atoms with van der Waals surface area (Å²) in [7, 11) is 0. The topological polar surface area (TPSA) is 55.6 Å². The van der Waals surface area contributed by atoms with Crippen molar-refractivity contribution in [2.75, 3.05) is 6.54 Å². The zero-order valence-electron chi connectivity index (χ0n) is 11.9. The molecule has 0 saturated heterocycles. The number of hydrogen-bond donors (Lipinski definition) is 1. The summed E-state index contributed by atoms with van der Waals surface area (Å²) in [6.07, 6.45) is 3.67. The number of aromatic nitrogens is 4. The Kier molecular flexibility index (Phi) is 4.32. The number of nitrogens with zero attached hydrogens (tertiary/aromatic N) is 4. The van der Waals surface area contributed by atoms with Crippen LogP contribution in [0.5, 0.6) is 0 Å². The molecule has 1 aromatic heterocycles. The molecule has 1 heterocycles. The Morgan fingerprint density at radius 2 is 2.11 bits per heavy atom. The Hall–Kier alpha value is -0.970. The molecule has 18 heavy (non-hydrogen) atoms. The second-order valence-electron chi connectivity index (χ2n) is 5.68. The lowest BCUT2D eigenvalue weighted by molar-refractivity contribution is 0.194. The highest BCUT2D eigenvalue weighted by Gasteiger charge is 2.28. The molecule has 1 aliphatic rings. The van der Waals surface area contributed by atoms with Gasteiger partial charge in [-0.2, -0.15) is 0 Å². The Morgan fingerprint density at radius 1 is 1.33 bits per heavy atom. The lowest BCUT2D eigenvalue weighted by Crippen LogP contribution is -2.28. The van der Waals surface area contributed by atoms with Gasteiger partial charge >= 0.3 is 0 Å². The fraction of sp³-hybridized carbons (Fsp3) is 0.923. The van der Waals surface area contributed by atoms with Crippen molar-refractivity contribution in [3.63, 3.8) is 0 Å². The Bertz CT molecular complexity index is 375. The smallest absolute Gasteiger partial charge is 0.168 e. The Balaban J connectivity index is 2.11. The fourth-order valence-corrected chi connectivity index (χ4v) is 2.88. The van der Waals surface area contributed by atoms with Crippen LogP contribution < -0.4 is 5.32 Å². The standard InChI is InChI=1S/C13H25N5/c1-5-14-11(4)13-15-16-17-18(13)12-7-6-9(2)10(3)8-12/h9-12,14H,5-8H2,1-4H3. The van der Waals surface area contributed by atoms with Gasteiger partial charge in [-0.05, 0) is 55.0 Å². The van der Waals surface area contributed by atoms with Crippen molar-refractivity contribution in [2.45, 2.75) is 59.0 Å². The molecule has 1 fully saturated rings. The molecule has 0 spiro atoms. The lowest BCUT2D eigenvalue weighted by Gasteiger charge is -2.32. The first-order valence-corrected chi connectivity index (χ1v) is 7.14. The van der Waals surface area contributed by atoms with Crippen LogP contribution in [0.15, 0.2) is 0 Å². The molecule has 2 rings (SSSR count). The van der Waals surface area contributed by atoms with Gasteiger partial charge in [0.25, 0.3) is 0 Å². The molecule has 1 aliphatic carbocycles. The quantitative estimate of drug-likeness (QED) is 0.892. The number of hydrogen-bond acceptors (Lipinski definition) is 4. The molecule has 0 radical (unpaired) electrons. The highest BCUT2D eigenvalue weighted by molar-refractivity contribution is 4.93. The molecule has 1 aromatic rings. The predicted molar refractivity (Wildman–Crippen MR) is 71.1 cm³/mol. The second-order valence-corrected chi connectivity index (χ2v) is 5.68. The molecule has 4 atom stereocenters. The van der Waals surface area contributed by atoms with Gasteiger partial charge in [-0.1, -0.05) is 20.8 Å². The average Bonchev–Trinajstić information content (AvgIpc) is 2.82. The highest BCUT2D eigenvalue weighted by Crippen LogP contribution is 2.36. The van der Waals surface area contributed by atoms with Gasteiger partial charge in [0.1, 0.15) is 0 Å². The monoisotopic (exact) mass is 251 g/mol. The Labute approximate surface area is 109 Å². The van der Waals surface area contributed by atoms with Crippen LogP contribution in [-0.2, 0) is 0 Å². The summed E-state index contributed by atoms with van der Waals surface area (Å²) in [6, 6.07) is 0.696. The molecule has 0 aliphatic heterocycles. The van der Waals surface area contributed by atoms with Crippen molar-refractivity contribution in [1.29, 1.82) is 0 Å². The van der Waals surface area contributed by atoms with Crippen molar-refractivity contribution >= 4 is 0 Å². The lowest BCUT2D eigenvalue weighted by atomic mass is 9.79. The third-order valence-electron chi connectivity index (χ3n) is 4.33. The van der Waals surface area contributed by atoms with E-state index in [-0.39, 0.29) is 6.04 Å². The third-order valence-corrected chi connectivity index (χ3v) is 4.33. The second kappa shape index (κ2) is 5.78. The first-order chi connectivity index (χ1) is 8.63. The van der Waals surface area contributed by atoms with Crippen LogP contribution in [0.4, 0.5) is 0 Å². The maximum Gasteiger partial charge on any atom is 0.168 e. The van der Waals surface area contributed by atoms with Crippen molar-refractivity contribution < 1.29 is 0 Å². The van der Waals surface area contributed by atoms with Gasteiger partial charge in [0.05, 0.1) is 12.1 Å². The molecule has 0 aromatic carbocycles. The van der Waals surface area contributed by atoms with Crippen molar-refractivity contribution in [3.8, 4) is 0 Å². The van der Waals surface area contributed by atoms with E-state index < -0.39 is 0 Å². The maximum absolute atomic E-state index is 4.22. The third kappa shape index (κ3) is 2.71. The van der Waals surface area contributed by atoms with Gasteiger partial charge in [-0.25, -0.2) is 4.68 Å².